The van der Waals surface area contributed by atoms with Gasteiger partial charge in [-0.3, -0.25) is 0 Å². The number of carbonyl (C=O) groups is 1. The zero-order valence-corrected chi connectivity index (χ0v) is 12.1. The minimum absolute atomic E-state index is 0.00568. The van der Waals surface area contributed by atoms with Gasteiger partial charge in [0.15, 0.2) is 0 Å². The molecule has 0 amide bonds. The van der Waals surface area contributed by atoms with Crippen molar-refractivity contribution in [1.82, 2.24) is 9.62 Å². The number of nitrogens with one attached hydrogen (secondary N) is 1. The molecule has 0 saturated carbocycles. The zero-order chi connectivity index (χ0) is 14.0. The van der Waals surface area contributed by atoms with Gasteiger partial charge in [0, 0.05) is 18.0 Å². The van der Waals surface area contributed by atoms with E-state index in [1.165, 1.54) is 11.4 Å². The van der Waals surface area contributed by atoms with E-state index in [4.69, 9.17) is 5.11 Å². The van der Waals surface area contributed by atoms with Crippen LogP contribution in [0.4, 0.5) is 0 Å². The molecule has 0 bridgehead atoms. The number of aromatic carboxylic acids is 1. The van der Waals surface area contributed by atoms with Crippen LogP contribution in [0, 0.1) is 0 Å². The van der Waals surface area contributed by atoms with Crippen molar-refractivity contribution in [2.75, 3.05) is 20.1 Å². The zero-order valence-electron chi connectivity index (χ0n) is 10.5. The molecule has 0 aliphatic carbocycles. The molecule has 1 saturated heterocycles. The van der Waals surface area contributed by atoms with E-state index in [-0.39, 0.29) is 15.8 Å². The summed E-state index contributed by atoms with van der Waals surface area (Å²) in [4.78, 5) is 12.8. The van der Waals surface area contributed by atoms with Crippen LogP contribution in [-0.4, -0.2) is 50.6 Å². The Kier molecular flexibility index (Phi) is 4.24. The van der Waals surface area contributed by atoms with Crippen LogP contribution in [-0.2, 0) is 10.0 Å². The topological polar surface area (TPSA) is 86.7 Å². The van der Waals surface area contributed by atoms with E-state index in [0.717, 1.165) is 30.7 Å². The summed E-state index contributed by atoms with van der Waals surface area (Å²) in [7, 11) is -1.66. The highest BCUT2D eigenvalue weighted by atomic mass is 32.2. The number of sulfonamides is 1. The number of nitrogens with zero attached hydrogens (tertiary/aromatic N) is 1. The van der Waals surface area contributed by atoms with Crippen LogP contribution < -0.4 is 4.72 Å². The van der Waals surface area contributed by atoms with E-state index in [0.29, 0.717) is 6.54 Å². The molecule has 1 atom stereocenters. The molecule has 6 nitrogen and oxygen atoms in total. The van der Waals surface area contributed by atoms with E-state index in [1.54, 1.807) is 0 Å². The van der Waals surface area contributed by atoms with E-state index in [9.17, 15) is 13.2 Å². The summed E-state index contributed by atoms with van der Waals surface area (Å²) in [5.41, 5.74) is 0.00568. The lowest BCUT2D eigenvalue weighted by atomic mass is 10.1. The molecule has 1 aromatic rings. The highest BCUT2D eigenvalue weighted by molar-refractivity contribution is 7.91. The SMILES string of the molecule is CN1CCCC(NS(=O)(=O)c2cc(C(=O)O)cs2)C1. The Balaban J connectivity index is 2.10. The summed E-state index contributed by atoms with van der Waals surface area (Å²) in [6, 6.07) is 1.08. The van der Waals surface area contributed by atoms with Gasteiger partial charge in [0.1, 0.15) is 4.21 Å². The predicted molar refractivity (Wildman–Crippen MR) is 72.1 cm³/mol. The number of piperidine rings is 1. The van der Waals surface area contributed by atoms with Crippen molar-refractivity contribution in [3.8, 4) is 0 Å². The van der Waals surface area contributed by atoms with Gasteiger partial charge in [-0.05, 0) is 32.5 Å². The first-order chi connectivity index (χ1) is 8.88. The van der Waals surface area contributed by atoms with Gasteiger partial charge in [0.2, 0.25) is 10.0 Å². The fraction of sp³-hybridized carbons (Fsp3) is 0.545. The maximum absolute atomic E-state index is 12.1. The van der Waals surface area contributed by atoms with Crippen molar-refractivity contribution in [1.29, 1.82) is 0 Å². The number of hydrogen-bond donors (Lipinski definition) is 2. The van der Waals surface area contributed by atoms with Gasteiger partial charge in [-0.25, -0.2) is 17.9 Å². The lowest BCUT2D eigenvalue weighted by Crippen LogP contribution is -2.46. The van der Waals surface area contributed by atoms with Gasteiger partial charge in [0.05, 0.1) is 5.56 Å². The molecule has 2 heterocycles. The standard InChI is InChI=1S/C11H16N2O4S2/c1-13-4-2-3-9(6-13)12-19(16,17)10-5-8(7-18-10)11(14)15/h5,7,9,12H,2-4,6H2,1H3,(H,14,15). The molecule has 2 N–H and O–H groups in total. The van der Waals surface area contributed by atoms with Crippen LogP contribution >= 0.6 is 11.3 Å². The normalized spacial score (nSPS) is 21.4. The van der Waals surface area contributed by atoms with Gasteiger partial charge in [0.25, 0.3) is 0 Å². The number of likely N-dealkylation sites (N-methyl/N-ethyl adjacent to an activating group) is 1. The minimum Gasteiger partial charge on any atom is -0.478 e. The lowest BCUT2D eigenvalue weighted by Gasteiger charge is -2.29. The largest absolute Gasteiger partial charge is 0.478 e. The third kappa shape index (κ3) is 3.53. The maximum Gasteiger partial charge on any atom is 0.336 e. The van der Waals surface area contributed by atoms with Crippen LogP contribution in [0.2, 0.25) is 0 Å². The van der Waals surface area contributed by atoms with Crippen LogP contribution in [0.15, 0.2) is 15.7 Å². The molecule has 0 aromatic carbocycles. The summed E-state index contributed by atoms with van der Waals surface area (Å²) in [5, 5.41) is 10.1. The minimum atomic E-state index is -3.62. The van der Waals surface area contributed by atoms with Crippen molar-refractivity contribution >= 4 is 27.3 Å². The Morgan fingerprint density at radius 3 is 2.89 bits per heavy atom. The third-order valence-corrected chi connectivity index (χ3v) is 5.99. The highest BCUT2D eigenvalue weighted by Crippen LogP contribution is 2.21. The Morgan fingerprint density at radius 2 is 2.32 bits per heavy atom. The van der Waals surface area contributed by atoms with E-state index >= 15 is 0 Å². The molecule has 0 spiro atoms. The first-order valence-corrected chi connectivity index (χ1v) is 8.27. The molecule has 2 rings (SSSR count). The molecule has 19 heavy (non-hydrogen) atoms. The number of carboxylic acids is 1. The van der Waals surface area contributed by atoms with Gasteiger partial charge < -0.3 is 10.0 Å². The van der Waals surface area contributed by atoms with Crippen LogP contribution in [0.5, 0.6) is 0 Å². The molecule has 1 aliphatic rings. The summed E-state index contributed by atoms with van der Waals surface area (Å²) < 4.78 is 27.0. The van der Waals surface area contributed by atoms with Crippen LogP contribution in [0.25, 0.3) is 0 Å². The Morgan fingerprint density at radius 1 is 1.58 bits per heavy atom. The smallest absolute Gasteiger partial charge is 0.336 e. The van der Waals surface area contributed by atoms with Crippen LogP contribution in [0.3, 0.4) is 0 Å². The average Bonchev–Trinajstić information content (AvgIpc) is 2.78. The third-order valence-electron chi connectivity index (χ3n) is 3.03. The number of rotatable bonds is 4. The molecule has 1 aliphatic heterocycles. The summed E-state index contributed by atoms with van der Waals surface area (Å²) >= 11 is 0.929. The first kappa shape index (κ1) is 14.4. The molecular weight excluding hydrogens is 288 g/mol. The predicted octanol–water partition coefficient (Wildman–Crippen LogP) is 0.819. The lowest BCUT2D eigenvalue weighted by molar-refractivity contribution is 0.0697. The van der Waals surface area contributed by atoms with Crippen molar-refractivity contribution in [2.45, 2.75) is 23.1 Å². The summed E-state index contributed by atoms with van der Waals surface area (Å²) in [6.45, 7) is 1.65. The number of carboxylic acid groups (broad SMARTS) is 1. The number of thiophene rings is 1. The van der Waals surface area contributed by atoms with Crippen molar-refractivity contribution in [3.63, 3.8) is 0 Å². The van der Waals surface area contributed by atoms with Crippen molar-refractivity contribution < 1.29 is 18.3 Å². The molecule has 8 heteroatoms. The monoisotopic (exact) mass is 304 g/mol. The number of hydrogen-bond acceptors (Lipinski definition) is 5. The fourth-order valence-corrected chi connectivity index (χ4v) is 4.54. The highest BCUT2D eigenvalue weighted by Gasteiger charge is 2.25. The Hall–Kier alpha value is -0.960. The molecule has 1 aromatic heterocycles. The Bertz CT molecular complexity index is 567. The van der Waals surface area contributed by atoms with Gasteiger partial charge >= 0.3 is 5.97 Å². The maximum atomic E-state index is 12.1. The molecule has 1 unspecified atom stereocenters. The molecule has 106 valence electrons. The second-order valence-corrected chi connectivity index (χ2v) is 7.53. The quantitative estimate of drug-likeness (QED) is 0.860. The molecule has 1 fully saturated rings. The second-order valence-electron chi connectivity index (χ2n) is 4.68. The fourth-order valence-electron chi connectivity index (χ4n) is 2.11. The summed E-state index contributed by atoms with van der Waals surface area (Å²) in [6.07, 6.45) is 1.76. The van der Waals surface area contributed by atoms with Crippen molar-refractivity contribution in [3.05, 3.63) is 17.0 Å². The van der Waals surface area contributed by atoms with E-state index in [1.807, 2.05) is 7.05 Å². The van der Waals surface area contributed by atoms with Crippen molar-refractivity contribution in [2.24, 2.45) is 0 Å². The number of likely N-dealkylation sites (tertiary alicyclic amines) is 1. The van der Waals surface area contributed by atoms with Gasteiger partial charge in [-0.1, -0.05) is 0 Å². The molecule has 0 radical (unpaired) electrons. The van der Waals surface area contributed by atoms with Gasteiger partial charge in [-0.2, -0.15) is 0 Å². The molecular formula is C11H16N2O4S2. The average molecular weight is 304 g/mol. The summed E-state index contributed by atoms with van der Waals surface area (Å²) in [5.74, 6) is -1.12. The van der Waals surface area contributed by atoms with E-state index < -0.39 is 16.0 Å². The van der Waals surface area contributed by atoms with Crippen LogP contribution in [0.1, 0.15) is 23.2 Å². The van der Waals surface area contributed by atoms with E-state index in [2.05, 4.69) is 9.62 Å². The first-order valence-electron chi connectivity index (χ1n) is 5.91. The second kappa shape index (κ2) is 5.58. The Labute approximate surface area is 116 Å². The van der Waals surface area contributed by atoms with Gasteiger partial charge in [-0.15, -0.1) is 11.3 Å².